The van der Waals surface area contributed by atoms with Crippen LogP contribution in [0.15, 0.2) is 10.9 Å². The van der Waals surface area contributed by atoms with E-state index in [1.807, 2.05) is 0 Å². The van der Waals surface area contributed by atoms with Crippen LogP contribution in [0.2, 0.25) is 0 Å². The summed E-state index contributed by atoms with van der Waals surface area (Å²) >= 11 is 0. The first-order valence-electron chi connectivity index (χ1n) is 4.83. The number of aromatic nitrogens is 5. The van der Waals surface area contributed by atoms with Crippen LogP contribution in [0, 0.1) is 0 Å². The number of hydrogen-bond donors (Lipinski definition) is 2. The molecule has 0 fully saturated rings. The first-order chi connectivity index (χ1) is 8.39. The van der Waals surface area contributed by atoms with Crippen molar-refractivity contribution in [3.05, 3.63) is 12.2 Å². The monoisotopic (exact) mass is 263 g/mol. The van der Waals surface area contributed by atoms with E-state index in [0.717, 1.165) is 6.92 Å². The van der Waals surface area contributed by atoms with Crippen LogP contribution in [0.5, 0.6) is 0 Å². The molecule has 2 rings (SSSR count). The van der Waals surface area contributed by atoms with Crippen molar-refractivity contribution in [3.8, 4) is 11.6 Å². The summed E-state index contributed by atoms with van der Waals surface area (Å²) in [7, 11) is 0. The molecule has 0 amide bonds. The van der Waals surface area contributed by atoms with Gasteiger partial charge < -0.3 is 9.63 Å². The third-order valence-electron chi connectivity index (χ3n) is 2.27. The lowest BCUT2D eigenvalue weighted by Crippen LogP contribution is -2.33. The molecule has 0 bridgehead atoms. The Morgan fingerprint density at radius 3 is 2.72 bits per heavy atom. The Balaban J connectivity index is 2.20. The number of aromatic amines is 1. The summed E-state index contributed by atoms with van der Waals surface area (Å²) in [6, 6.07) is 0. The fourth-order valence-corrected chi connectivity index (χ4v) is 1.25. The van der Waals surface area contributed by atoms with Gasteiger partial charge in [0.15, 0.2) is 11.9 Å². The van der Waals surface area contributed by atoms with Crippen molar-refractivity contribution in [2.45, 2.75) is 25.1 Å². The maximum Gasteiger partial charge on any atom is 0.415 e. The van der Waals surface area contributed by atoms with Crippen LogP contribution >= 0.6 is 0 Å². The number of alkyl halides is 3. The molecule has 2 unspecified atom stereocenters. The number of nitrogens with one attached hydrogen (secondary N) is 1. The molecule has 2 aromatic heterocycles. The molecule has 0 aromatic carbocycles. The van der Waals surface area contributed by atoms with E-state index in [9.17, 15) is 13.2 Å². The largest absolute Gasteiger partial charge is 0.415 e. The number of H-pyrrole nitrogens is 1. The normalized spacial score (nSPS) is 15.6. The van der Waals surface area contributed by atoms with Gasteiger partial charge in [0.1, 0.15) is 6.33 Å². The van der Waals surface area contributed by atoms with Gasteiger partial charge in [0, 0.05) is 0 Å². The molecule has 10 heteroatoms. The van der Waals surface area contributed by atoms with E-state index in [1.54, 1.807) is 0 Å². The Hall–Kier alpha value is -1.97. The van der Waals surface area contributed by atoms with Gasteiger partial charge in [0.25, 0.3) is 0 Å². The molecule has 0 aliphatic carbocycles. The van der Waals surface area contributed by atoms with Crippen LogP contribution in [0.3, 0.4) is 0 Å². The smallest absolute Gasteiger partial charge is 0.383 e. The molecule has 0 aliphatic heterocycles. The molecule has 18 heavy (non-hydrogen) atoms. The Bertz CT molecular complexity index is 509. The van der Waals surface area contributed by atoms with Crippen molar-refractivity contribution in [1.82, 2.24) is 25.3 Å². The highest BCUT2D eigenvalue weighted by Crippen LogP contribution is 2.31. The van der Waals surface area contributed by atoms with Gasteiger partial charge in [-0.25, -0.2) is 4.98 Å². The van der Waals surface area contributed by atoms with E-state index in [-0.39, 0.29) is 17.5 Å². The zero-order valence-electron chi connectivity index (χ0n) is 9.01. The maximum absolute atomic E-state index is 12.3. The van der Waals surface area contributed by atoms with Crippen LogP contribution in [-0.2, 0) is 0 Å². The van der Waals surface area contributed by atoms with Gasteiger partial charge in [-0.3, -0.25) is 5.10 Å². The van der Waals surface area contributed by atoms with E-state index in [1.165, 1.54) is 6.33 Å². The van der Waals surface area contributed by atoms with Gasteiger partial charge in [-0.1, -0.05) is 12.1 Å². The first kappa shape index (κ1) is 12.5. The van der Waals surface area contributed by atoms with Crippen molar-refractivity contribution in [2.75, 3.05) is 0 Å². The minimum atomic E-state index is -4.75. The van der Waals surface area contributed by atoms with Crippen molar-refractivity contribution >= 4 is 0 Å². The molecule has 0 saturated carbocycles. The van der Waals surface area contributed by atoms with E-state index >= 15 is 0 Å². The minimum Gasteiger partial charge on any atom is -0.383 e. The van der Waals surface area contributed by atoms with E-state index in [0.29, 0.717) is 0 Å². The zero-order valence-corrected chi connectivity index (χ0v) is 9.01. The highest BCUT2D eigenvalue weighted by Gasteiger charge is 2.44. The quantitative estimate of drug-likeness (QED) is 0.852. The van der Waals surface area contributed by atoms with E-state index in [2.05, 4.69) is 29.8 Å². The van der Waals surface area contributed by atoms with Crippen LogP contribution in [0.25, 0.3) is 11.6 Å². The van der Waals surface area contributed by atoms with Gasteiger partial charge in [0.05, 0.1) is 5.92 Å². The number of aliphatic hydroxyl groups excluding tert-OH is 1. The fourth-order valence-electron chi connectivity index (χ4n) is 1.25. The Morgan fingerprint density at radius 2 is 2.17 bits per heavy atom. The molecular formula is C8H8F3N5O2. The third-order valence-corrected chi connectivity index (χ3v) is 2.27. The van der Waals surface area contributed by atoms with Gasteiger partial charge in [0.2, 0.25) is 11.7 Å². The molecule has 7 nitrogen and oxygen atoms in total. The maximum atomic E-state index is 12.3. The number of hydrogen-bond acceptors (Lipinski definition) is 6. The average molecular weight is 263 g/mol. The summed E-state index contributed by atoms with van der Waals surface area (Å²) < 4.78 is 41.5. The molecule has 2 aromatic rings. The van der Waals surface area contributed by atoms with Crippen LogP contribution < -0.4 is 0 Å². The van der Waals surface area contributed by atoms with Crippen LogP contribution in [0.4, 0.5) is 13.2 Å². The van der Waals surface area contributed by atoms with Gasteiger partial charge in [-0.05, 0) is 0 Å². The second-order valence-corrected chi connectivity index (χ2v) is 3.57. The predicted octanol–water partition coefficient (Wildman–Crippen LogP) is 0.881. The number of aliphatic hydroxyl groups is 1. The topological polar surface area (TPSA) is 101 Å². The second kappa shape index (κ2) is 4.37. The molecule has 2 atom stereocenters. The molecule has 2 N–H and O–H groups in total. The van der Waals surface area contributed by atoms with Crippen LogP contribution in [0.1, 0.15) is 18.7 Å². The molecule has 0 radical (unpaired) electrons. The van der Waals surface area contributed by atoms with Gasteiger partial charge in [-0.2, -0.15) is 23.3 Å². The SMILES string of the molecule is CC(c1nc(-c2ncn[nH]2)no1)C(O)C(F)(F)F. The highest BCUT2D eigenvalue weighted by atomic mass is 19.4. The molecule has 0 spiro atoms. The molecule has 98 valence electrons. The number of nitrogens with zero attached hydrogens (tertiary/aromatic N) is 4. The first-order valence-corrected chi connectivity index (χ1v) is 4.83. The van der Waals surface area contributed by atoms with E-state index < -0.39 is 18.2 Å². The van der Waals surface area contributed by atoms with Crippen LogP contribution in [-0.4, -0.2) is 42.7 Å². The summed E-state index contributed by atoms with van der Waals surface area (Å²) in [4.78, 5) is 7.43. The lowest BCUT2D eigenvalue weighted by Gasteiger charge is -2.17. The van der Waals surface area contributed by atoms with Crippen molar-refractivity contribution in [2.24, 2.45) is 0 Å². The summed E-state index contributed by atoms with van der Waals surface area (Å²) in [6.07, 6.45) is -6.12. The van der Waals surface area contributed by atoms with Crippen molar-refractivity contribution in [1.29, 1.82) is 0 Å². The summed E-state index contributed by atoms with van der Waals surface area (Å²) in [5.41, 5.74) is 0. The molecule has 2 heterocycles. The van der Waals surface area contributed by atoms with Crippen molar-refractivity contribution in [3.63, 3.8) is 0 Å². The standard InChI is InChI=1S/C8H8F3N5O2/c1-3(4(17)8(9,10)11)7-14-6(16-18-7)5-12-2-13-15-5/h2-4,17H,1H3,(H,12,13,15). The van der Waals surface area contributed by atoms with Crippen molar-refractivity contribution < 1.29 is 22.8 Å². The molecule has 0 aliphatic rings. The average Bonchev–Trinajstić information content (AvgIpc) is 2.95. The summed E-state index contributed by atoms with van der Waals surface area (Å²) in [5, 5.41) is 18.5. The third kappa shape index (κ3) is 2.32. The molecule has 0 saturated heterocycles. The highest BCUT2D eigenvalue weighted by molar-refractivity contribution is 5.39. The lowest BCUT2D eigenvalue weighted by atomic mass is 10.1. The summed E-state index contributed by atoms with van der Waals surface area (Å²) in [6.45, 7) is 1.13. The zero-order chi connectivity index (χ0) is 13.3. The number of halogens is 3. The minimum absolute atomic E-state index is 0.0243. The van der Waals surface area contributed by atoms with E-state index in [4.69, 9.17) is 5.11 Å². The molecular weight excluding hydrogens is 255 g/mol. The van der Waals surface area contributed by atoms with Gasteiger partial charge in [-0.15, -0.1) is 0 Å². The Morgan fingerprint density at radius 1 is 1.44 bits per heavy atom. The Kier molecular flexibility index (Phi) is 3.03. The Labute approximate surface area is 98.0 Å². The predicted molar refractivity (Wildman–Crippen MR) is 50.2 cm³/mol. The van der Waals surface area contributed by atoms with Gasteiger partial charge >= 0.3 is 6.18 Å². The summed E-state index contributed by atoms with van der Waals surface area (Å²) in [5.74, 6) is -1.55. The fraction of sp³-hybridized carbons (Fsp3) is 0.500. The number of rotatable bonds is 3. The lowest BCUT2D eigenvalue weighted by molar-refractivity contribution is -0.210. The second-order valence-electron chi connectivity index (χ2n) is 3.57.